The second-order valence-corrected chi connectivity index (χ2v) is 6.43. The van der Waals surface area contributed by atoms with Crippen molar-refractivity contribution in [3.05, 3.63) is 52.2 Å². The van der Waals surface area contributed by atoms with E-state index in [1.54, 1.807) is 6.07 Å². The van der Waals surface area contributed by atoms with Gasteiger partial charge in [-0.3, -0.25) is 0 Å². The van der Waals surface area contributed by atoms with E-state index >= 15 is 0 Å². The number of allylic oxidation sites excluding steroid dienone is 1. The lowest BCUT2D eigenvalue weighted by molar-refractivity contribution is -0.270. The van der Waals surface area contributed by atoms with Crippen LogP contribution in [-0.4, -0.2) is 16.2 Å². The van der Waals surface area contributed by atoms with Crippen molar-refractivity contribution in [1.29, 1.82) is 5.26 Å². The normalized spacial score (nSPS) is 11.6. The first-order valence-corrected chi connectivity index (χ1v) is 7.95. The van der Waals surface area contributed by atoms with Crippen LogP contribution in [0.25, 0.3) is 5.57 Å². The highest BCUT2D eigenvalue weighted by Crippen LogP contribution is 2.32. The molecule has 5 nitrogen and oxygen atoms in total. The molecule has 0 fully saturated rings. The van der Waals surface area contributed by atoms with Crippen molar-refractivity contribution in [3.63, 3.8) is 0 Å². The summed E-state index contributed by atoms with van der Waals surface area (Å²) in [6.45, 7) is 0. The van der Waals surface area contributed by atoms with Gasteiger partial charge in [-0.05, 0) is 39.8 Å². The Morgan fingerprint density at radius 2 is 2.00 bits per heavy atom. The minimum absolute atomic E-state index is 0.0850. The lowest BCUT2D eigenvalue weighted by Gasteiger charge is -2.12. The van der Waals surface area contributed by atoms with Crippen molar-refractivity contribution in [3.8, 4) is 17.6 Å². The maximum atomic E-state index is 11.3. The van der Waals surface area contributed by atoms with Gasteiger partial charge in [-0.15, -0.1) is 0 Å². The fourth-order valence-electron chi connectivity index (χ4n) is 2.06. The number of phenols is 1. The minimum atomic E-state index is -1.32. The standard InChI is InChI=1S/C16H13NO4S/c17-10-13(16(20)21)12(5-8-22-6-1-2-7-22)11-3-4-14(18)15(19)9-11/h1-4,6-7,9H,5,8H2,(H2-,18,19,20,21). The molecule has 1 aromatic heterocycles. The average Bonchev–Trinajstić information content (AvgIpc) is 2.99. The van der Waals surface area contributed by atoms with Crippen molar-refractivity contribution in [2.24, 2.45) is 0 Å². The van der Waals surface area contributed by atoms with Crippen LogP contribution in [0.5, 0.6) is 11.5 Å². The number of aliphatic carboxylic acids is 1. The molecule has 0 saturated carbocycles. The first-order chi connectivity index (χ1) is 10.5. The molecule has 2 N–H and O–H groups in total. The smallest absolute Gasteiger partial charge is 0.346 e. The minimum Gasteiger partial charge on any atom is -0.870 e. The summed E-state index contributed by atoms with van der Waals surface area (Å²) in [5, 5.41) is 43.1. The van der Waals surface area contributed by atoms with E-state index in [9.17, 15) is 20.1 Å². The number of carbonyl (C=O) groups is 1. The molecule has 0 radical (unpaired) electrons. The highest BCUT2D eigenvalue weighted by Gasteiger charge is 2.18. The topological polar surface area (TPSA) is 104 Å². The first-order valence-electron chi connectivity index (χ1n) is 6.43. The second kappa shape index (κ2) is 6.78. The number of benzene rings is 1. The molecule has 112 valence electrons. The third kappa shape index (κ3) is 3.45. The number of carboxylic acids is 1. The lowest BCUT2D eigenvalue weighted by atomic mass is 9.97. The average molecular weight is 315 g/mol. The number of hydrogen-bond donors (Lipinski definition) is 2. The number of nitrogens with zero attached hydrogens (tertiary/aromatic N) is 1. The van der Waals surface area contributed by atoms with Crippen LogP contribution in [0.4, 0.5) is 0 Å². The quantitative estimate of drug-likeness (QED) is 0.501. The molecule has 0 aliphatic heterocycles. The third-order valence-electron chi connectivity index (χ3n) is 3.14. The van der Waals surface area contributed by atoms with E-state index in [2.05, 4.69) is 0 Å². The van der Waals surface area contributed by atoms with E-state index in [4.69, 9.17) is 5.26 Å². The molecule has 6 heteroatoms. The van der Waals surface area contributed by atoms with E-state index in [-0.39, 0.29) is 16.0 Å². The molecule has 0 aliphatic rings. The zero-order chi connectivity index (χ0) is 16.1. The Balaban J connectivity index is 2.43. The van der Waals surface area contributed by atoms with Crippen LogP contribution < -0.4 is 5.11 Å². The predicted octanol–water partition coefficient (Wildman–Crippen LogP) is 2.67. The van der Waals surface area contributed by atoms with Crippen LogP contribution >= 0.6 is 10.5 Å². The highest BCUT2D eigenvalue weighted by atomic mass is 32.2. The number of aryl methyl sites for hydroxylation is 1. The Morgan fingerprint density at radius 3 is 2.55 bits per heavy atom. The van der Waals surface area contributed by atoms with Gasteiger partial charge < -0.3 is 15.3 Å². The van der Waals surface area contributed by atoms with E-state index in [0.29, 0.717) is 23.3 Å². The molecule has 0 bridgehead atoms. The second-order valence-electron chi connectivity index (χ2n) is 4.53. The number of nitriles is 1. The van der Waals surface area contributed by atoms with Gasteiger partial charge in [0.05, 0.1) is 0 Å². The Morgan fingerprint density at radius 1 is 1.32 bits per heavy atom. The van der Waals surface area contributed by atoms with Crippen LogP contribution in [0.15, 0.2) is 46.7 Å². The molecule has 2 rings (SSSR count). The zero-order valence-corrected chi connectivity index (χ0v) is 12.3. The molecule has 0 aliphatic carbocycles. The van der Waals surface area contributed by atoms with Crippen molar-refractivity contribution >= 4 is 22.0 Å². The van der Waals surface area contributed by atoms with E-state index in [0.717, 1.165) is 0 Å². The maximum absolute atomic E-state index is 11.3. The van der Waals surface area contributed by atoms with Crippen LogP contribution in [0.1, 0.15) is 12.0 Å². The van der Waals surface area contributed by atoms with Gasteiger partial charge in [-0.25, -0.2) is 4.79 Å². The summed E-state index contributed by atoms with van der Waals surface area (Å²) in [5.41, 5.74) is 0.340. The van der Waals surface area contributed by atoms with Gasteiger partial charge in [-0.2, -0.15) is 5.26 Å². The van der Waals surface area contributed by atoms with Gasteiger partial charge in [0, 0.05) is 6.42 Å². The summed E-state index contributed by atoms with van der Waals surface area (Å²) >= 11 is 0. The number of thiophene rings is 1. The number of carboxylic acid groups (broad SMARTS) is 1. The van der Waals surface area contributed by atoms with Crippen molar-refractivity contribution < 1.29 is 20.1 Å². The van der Waals surface area contributed by atoms with Crippen LogP contribution in [0, 0.1) is 11.3 Å². The SMILES string of the molecule is N#CC(C(=O)O)=C(CC[s+]1cccc1)c1ccc([O-])c(O)c1. The van der Waals surface area contributed by atoms with Gasteiger partial charge in [0.25, 0.3) is 0 Å². The molecule has 0 unspecified atom stereocenters. The molecular weight excluding hydrogens is 302 g/mol. The molecular formula is C16H13NO4S. The Kier molecular flexibility index (Phi) is 4.81. The van der Waals surface area contributed by atoms with Crippen molar-refractivity contribution in [2.75, 3.05) is 0 Å². The maximum Gasteiger partial charge on any atom is 0.346 e. The Labute approximate surface area is 130 Å². The fraction of sp³-hybridized carbons (Fsp3) is 0.125. The van der Waals surface area contributed by atoms with E-state index < -0.39 is 17.5 Å². The number of hydrogen-bond acceptors (Lipinski definition) is 4. The molecule has 1 aromatic carbocycles. The van der Waals surface area contributed by atoms with Gasteiger partial charge in [-0.1, -0.05) is 17.9 Å². The number of aromatic hydroxyl groups is 1. The first kappa shape index (κ1) is 15.6. The van der Waals surface area contributed by atoms with Gasteiger partial charge >= 0.3 is 5.97 Å². The molecule has 1 heterocycles. The molecule has 22 heavy (non-hydrogen) atoms. The van der Waals surface area contributed by atoms with E-state index in [1.807, 2.05) is 22.9 Å². The lowest BCUT2D eigenvalue weighted by Crippen LogP contribution is -2.03. The highest BCUT2D eigenvalue weighted by molar-refractivity contribution is 7.27. The summed E-state index contributed by atoms with van der Waals surface area (Å²) in [7, 11) is -0.0850. The van der Waals surface area contributed by atoms with Crippen molar-refractivity contribution in [1.82, 2.24) is 0 Å². The molecule has 2 aromatic rings. The largest absolute Gasteiger partial charge is 0.870 e. The Hall–Kier alpha value is -2.78. The van der Waals surface area contributed by atoms with Crippen molar-refractivity contribution in [2.45, 2.75) is 12.2 Å². The summed E-state index contributed by atoms with van der Waals surface area (Å²) in [5.74, 6) is -1.65. The monoisotopic (exact) mass is 315 g/mol. The summed E-state index contributed by atoms with van der Waals surface area (Å²) in [4.78, 5) is 11.3. The summed E-state index contributed by atoms with van der Waals surface area (Å²) in [6, 6.07) is 9.35. The molecule has 0 spiro atoms. The predicted molar refractivity (Wildman–Crippen MR) is 81.3 cm³/mol. The summed E-state index contributed by atoms with van der Waals surface area (Å²) in [6.07, 6.45) is 0.366. The van der Waals surface area contributed by atoms with Crippen LogP contribution in [-0.2, 0) is 10.5 Å². The van der Waals surface area contributed by atoms with Gasteiger partial charge in [0.15, 0.2) is 0 Å². The fourth-order valence-corrected chi connectivity index (χ4v) is 3.44. The van der Waals surface area contributed by atoms with Gasteiger partial charge in [0.1, 0.15) is 33.9 Å². The molecule has 0 atom stereocenters. The van der Waals surface area contributed by atoms with E-state index in [1.165, 1.54) is 18.2 Å². The number of phenolic OH excluding ortho intramolecular Hbond substituents is 1. The number of rotatable bonds is 5. The molecule has 0 saturated heterocycles. The van der Waals surface area contributed by atoms with Gasteiger partial charge in [0.2, 0.25) is 0 Å². The zero-order valence-electron chi connectivity index (χ0n) is 11.5. The Bertz CT molecular complexity index is 757. The molecule has 0 amide bonds. The van der Waals surface area contributed by atoms with Crippen LogP contribution in [0.2, 0.25) is 0 Å². The van der Waals surface area contributed by atoms with Crippen LogP contribution in [0.3, 0.4) is 0 Å². The third-order valence-corrected chi connectivity index (χ3v) is 4.83. The summed E-state index contributed by atoms with van der Waals surface area (Å²) < 4.78 is 0.